The van der Waals surface area contributed by atoms with E-state index in [1.165, 1.54) is 7.11 Å². The second-order valence-corrected chi connectivity index (χ2v) is 5.04. The molecule has 0 bridgehead atoms. The number of benzene rings is 1. The zero-order chi connectivity index (χ0) is 15.9. The van der Waals surface area contributed by atoms with Crippen LogP contribution in [0.1, 0.15) is 27.1 Å². The monoisotopic (exact) mass is 321 g/mol. The Balaban J connectivity index is 1.78. The summed E-state index contributed by atoms with van der Waals surface area (Å²) in [5, 5.41) is 7.45. The van der Waals surface area contributed by atoms with Crippen LogP contribution < -0.4 is 5.32 Å². The Bertz CT molecular complexity index is 652. The number of amides is 1. The van der Waals surface area contributed by atoms with Crippen LogP contribution in [0, 0.1) is 0 Å². The van der Waals surface area contributed by atoms with Gasteiger partial charge in [-0.2, -0.15) is 5.10 Å². The van der Waals surface area contributed by atoms with E-state index in [4.69, 9.17) is 11.6 Å². The van der Waals surface area contributed by atoms with E-state index in [-0.39, 0.29) is 5.91 Å². The van der Waals surface area contributed by atoms with Gasteiger partial charge in [-0.1, -0.05) is 11.6 Å². The van der Waals surface area contributed by atoms with E-state index in [2.05, 4.69) is 15.2 Å². The van der Waals surface area contributed by atoms with Crippen LogP contribution in [0.4, 0.5) is 0 Å². The lowest BCUT2D eigenvalue weighted by molar-refractivity contribution is 0.0600. The molecule has 22 heavy (non-hydrogen) atoms. The third-order valence-corrected chi connectivity index (χ3v) is 3.21. The fourth-order valence-corrected chi connectivity index (χ4v) is 2.04. The molecule has 0 fully saturated rings. The number of carbonyl (C=O) groups excluding carboxylic acids is 2. The van der Waals surface area contributed by atoms with Crippen LogP contribution in [0.2, 0.25) is 5.02 Å². The van der Waals surface area contributed by atoms with E-state index in [9.17, 15) is 9.59 Å². The molecule has 0 saturated carbocycles. The van der Waals surface area contributed by atoms with E-state index in [1.807, 2.05) is 0 Å². The topological polar surface area (TPSA) is 73.2 Å². The molecule has 0 radical (unpaired) electrons. The Morgan fingerprint density at radius 2 is 1.95 bits per heavy atom. The molecule has 6 nitrogen and oxygen atoms in total. The van der Waals surface area contributed by atoms with Gasteiger partial charge < -0.3 is 10.1 Å². The van der Waals surface area contributed by atoms with Gasteiger partial charge in [-0.3, -0.25) is 9.48 Å². The molecule has 1 amide bonds. The Labute approximate surface area is 133 Å². The third kappa shape index (κ3) is 4.33. The minimum atomic E-state index is -0.426. The Morgan fingerprint density at radius 3 is 2.55 bits per heavy atom. The van der Waals surface area contributed by atoms with E-state index in [0.29, 0.717) is 29.2 Å². The summed E-state index contributed by atoms with van der Waals surface area (Å²) >= 11 is 5.76. The molecule has 0 saturated heterocycles. The van der Waals surface area contributed by atoms with Gasteiger partial charge in [0.15, 0.2) is 0 Å². The number of methoxy groups -OCH3 is 1. The molecule has 1 aromatic heterocycles. The zero-order valence-electron chi connectivity index (χ0n) is 12.1. The summed E-state index contributed by atoms with van der Waals surface area (Å²) in [6.07, 6.45) is 4.04. The highest BCUT2D eigenvalue weighted by Gasteiger charge is 2.08. The summed E-state index contributed by atoms with van der Waals surface area (Å²) in [6, 6.07) is 6.31. The molecule has 0 unspecified atom stereocenters. The number of rotatable bonds is 6. The first-order chi connectivity index (χ1) is 10.6. The fourth-order valence-electron chi connectivity index (χ4n) is 1.88. The van der Waals surface area contributed by atoms with Gasteiger partial charge in [-0.15, -0.1) is 0 Å². The summed E-state index contributed by atoms with van der Waals surface area (Å²) in [5.74, 6) is -0.611. The third-order valence-electron chi connectivity index (χ3n) is 3.02. The molecule has 0 aliphatic heterocycles. The smallest absolute Gasteiger partial charge is 0.337 e. The van der Waals surface area contributed by atoms with Crippen LogP contribution in [0.15, 0.2) is 36.7 Å². The van der Waals surface area contributed by atoms with Gasteiger partial charge in [0.2, 0.25) is 0 Å². The lowest BCUT2D eigenvalue weighted by atomic mass is 10.1. The molecule has 1 N–H and O–H groups in total. The summed E-state index contributed by atoms with van der Waals surface area (Å²) in [6.45, 7) is 1.20. The van der Waals surface area contributed by atoms with E-state index < -0.39 is 5.97 Å². The Hall–Kier alpha value is -2.34. The molecule has 0 atom stereocenters. The molecule has 0 spiro atoms. The molecule has 2 rings (SSSR count). The van der Waals surface area contributed by atoms with Gasteiger partial charge >= 0.3 is 5.97 Å². The normalized spacial score (nSPS) is 10.3. The van der Waals surface area contributed by atoms with Gasteiger partial charge in [0.05, 0.1) is 23.9 Å². The maximum atomic E-state index is 11.9. The van der Waals surface area contributed by atoms with Crippen LogP contribution in [0.5, 0.6) is 0 Å². The van der Waals surface area contributed by atoms with Crippen molar-refractivity contribution in [2.24, 2.45) is 0 Å². The van der Waals surface area contributed by atoms with Crippen molar-refractivity contribution in [2.45, 2.75) is 13.0 Å². The van der Waals surface area contributed by atoms with Crippen molar-refractivity contribution in [3.8, 4) is 0 Å². The number of hydrogen-bond acceptors (Lipinski definition) is 4. The van der Waals surface area contributed by atoms with Crippen molar-refractivity contribution in [3.05, 3.63) is 52.8 Å². The van der Waals surface area contributed by atoms with Crippen molar-refractivity contribution >= 4 is 23.5 Å². The Kier molecular flexibility index (Phi) is 5.55. The van der Waals surface area contributed by atoms with Gasteiger partial charge in [0.25, 0.3) is 5.91 Å². The molecule has 0 aliphatic carbocycles. The number of esters is 1. The number of ether oxygens (including phenoxy) is 1. The number of nitrogens with one attached hydrogen (secondary N) is 1. The van der Waals surface area contributed by atoms with E-state index in [0.717, 1.165) is 6.42 Å². The summed E-state index contributed by atoms with van der Waals surface area (Å²) in [4.78, 5) is 23.2. The molecular weight excluding hydrogens is 306 g/mol. The highest BCUT2D eigenvalue weighted by atomic mass is 35.5. The van der Waals surface area contributed by atoms with E-state index in [1.54, 1.807) is 41.3 Å². The molecule has 2 aromatic rings. The molecule has 0 aliphatic rings. The highest BCUT2D eigenvalue weighted by molar-refractivity contribution is 6.30. The number of hydrogen-bond donors (Lipinski definition) is 1. The maximum Gasteiger partial charge on any atom is 0.337 e. The van der Waals surface area contributed by atoms with Crippen molar-refractivity contribution in [1.82, 2.24) is 15.1 Å². The second kappa shape index (κ2) is 7.61. The molecule has 116 valence electrons. The Morgan fingerprint density at radius 1 is 1.27 bits per heavy atom. The summed E-state index contributed by atoms with van der Waals surface area (Å²) < 4.78 is 6.32. The lowest BCUT2D eigenvalue weighted by Gasteiger charge is -2.06. The minimum Gasteiger partial charge on any atom is -0.465 e. The second-order valence-electron chi connectivity index (χ2n) is 4.60. The lowest BCUT2D eigenvalue weighted by Crippen LogP contribution is -2.25. The molecular formula is C15H16ClN3O3. The van der Waals surface area contributed by atoms with Gasteiger partial charge in [-0.05, 0) is 30.7 Å². The number of aryl methyl sites for hydroxylation is 1. The largest absolute Gasteiger partial charge is 0.465 e. The number of carbonyl (C=O) groups is 2. The van der Waals surface area contributed by atoms with Crippen LogP contribution in [-0.2, 0) is 11.3 Å². The molecule has 1 aromatic carbocycles. The number of aromatic nitrogens is 2. The molecule has 7 heteroatoms. The first-order valence-electron chi connectivity index (χ1n) is 6.74. The maximum absolute atomic E-state index is 11.9. The number of halogens is 1. The standard InChI is InChI=1S/C15H16ClN3O3/c1-22-15(21)12-5-3-11(4-6-12)14(20)17-7-2-8-19-10-13(16)9-18-19/h3-6,9-10H,2,7-8H2,1H3,(H,17,20). The minimum absolute atomic E-state index is 0.185. The molecule has 1 heterocycles. The van der Waals surface area contributed by atoms with Gasteiger partial charge in [0, 0.05) is 24.8 Å². The van der Waals surface area contributed by atoms with E-state index >= 15 is 0 Å². The average Bonchev–Trinajstić information content (AvgIpc) is 2.96. The van der Waals surface area contributed by atoms with Crippen LogP contribution in [-0.4, -0.2) is 35.3 Å². The van der Waals surface area contributed by atoms with Crippen molar-refractivity contribution in [3.63, 3.8) is 0 Å². The summed E-state index contributed by atoms with van der Waals surface area (Å²) in [7, 11) is 1.32. The van der Waals surface area contributed by atoms with Crippen LogP contribution in [0.3, 0.4) is 0 Å². The van der Waals surface area contributed by atoms with Crippen molar-refractivity contribution in [2.75, 3.05) is 13.7 Å². The predicted molar refractivity (Wildman–Crippen MR) is 82.0 cm³/mol. The fraction of sp³-hybridized carbons (Fsp3) is 0.267. The van der Waals surface area contributed by atoms with Crippen molar-refractivity contribution < 1.29 is 14.3 Å². The quantitative estimate of drug-likeness (QED) is 0.653. The van der Waals surface area contributed by atoms with Crippen molar-refractivity contribution in [1.29, 1.82) is 0 Å². The average molecular weight is 322 g/mol. The van der Waals surface area contributed by atoms with Gasteiger partial charge in [0.1, 0.15) is 0 Å². The predicted octanol–water partition coefficient (Wildman–Crippen LogP) is 2.14. The SMILES string of the molecule is COC(=O)c1ccc(C(=O)NCCCn2cc(Cl)cn2)cc1. The van der Waals surface area contributed by atoms with Crippen LogP contribution >= 0.6 is 11.6 Å². The number of nitrogens with zero attached hydrogens (tertiary/aromatic N) is 2. The highest BCUT2D eigenvalue weighted by Crippen LogP contribution is 2.06. The van der Waals surface area contributed by atoms with Crippen LogP contribution in [0.25, 0.3) is 0 Å². The first kappa shape index (κ1) is 16.0. The summed E-state index contributed by atoms with van der Waals surface area (Å²) in [5.41, 5.74) is 0.907. The van der Waals surface area contributed by atoms with Gasteiger partial charge in [-0.25, -0.2) is 4.79 Å². The zero-order valence-corrected chi connectivity index (χ0v) is 12.8. The first-order valence-corrected chi connectivity index (χ1v) is 7.12.